The van der Waals surface area contributed by atoms with Crippen LogP contribution < -0.4 is 15.8 Å². The highest BCUT2D eigenvalue weighted by atomic mass is 16.1. The van der Waals surface area contributed by atoms with Crippen LogP contribution in [-0.4, -0.2) is 35.6 Å². The van der Waals surface area contributed by atoms with Gasteiger partial charge in [-0.3, -0.25) is 14.2 Å². The van der Waals surface area contributed by atoms with Crippen LogP contribution in [0.1, 0.15) is 37.5 Å². The lowest BCUT2D eigenvalue weighted by molar-refractivity contribution is -0.121. The summed E-state index contributed by atoms with van der Waals surface area (Å²) in [7, 11) is 2.06. The molecular weight excluding hydrogens is 376 g/mol. The maximum Gasteiger partial charge on any atom is 0.261 e. The summed E-state index contributed by atoms with van der Waals surface area (Å²) in [5.74, 6) is 0.724. The third kappa shape index (κ3) is 4.70. The second kappa shape index (κ2) is 9.11. The van der Waals surface area contributed by atoms with Gasteiger partial charge in [0.2, 0.25) is 5.91 Å². The molecule has 30 heavy (non-hydrogen) atoms. The summed E-state index contributed by atoms with van der Waals surface area (Å²) in [5, 5.41) is 3.65. The van der Waals surface area contributed by atoms with Crippen molar-refractivity contribution in [2.75, 3.05) is 25.0 Å². The predicted octanol–water partition coefficient (Wildman–Crippen LogP) is 3.31. The second-order valence-electron chi connectivity index (χ2n) is 7.91. The SMILES string of the molecule is CN(CCCNC(=O)CCc1nc2ccccc2c(=O)n1C1CC1)c1ccccc1. The minimum absolute atomic E-state index is 0.00196. The largest absolute Gasteiger partial charge is 0.375 e. The number of fused-ring (bicyclic) bond motifs is 1. The molecule has 6 heteroatoms. The van der Waals surface area contributed by atoms with Gasteiger partial charge >= 0.3 is 0 Å². The van der Waals surface area contributed by atoms with Crippen LogP contribution in [0, 0.1) is 0 Å². The number of hydrogen-bond donors (Lipinski definition) is 1. The summed E-state index contributed by atoms with van der Waals surface area (Å²) in [6.07, 6.45) is 3.71. The monoisotopic (exact) mass is 404 g/mol. The van der Waals surface area contributed by atoms with Crippen LogP contribution in [-0.2, 0) is 11.2 Å². The Morgan fingerprint density at radius 2 is 1.87 bits per heavy atom. The minimum atomic E-state index is 0.00196. The molecule has 1 N–H and O–H groups in total. The summed E-state index contributed by atoms with van der Waals surface area (Å²) in [6, 6.07) is 17.9. The first kappa shape index (κ1) is 20.1. The van der Waals surface area contributed by atoms with Crippen molar-refractivity contribution in [1.29, 1.82) is 0 Å². The zero-order valence-corrected chi connectivity index (χ0v) is 17.4. The third-order valence-electron chi connectivity index (χ3n) is 5.56. The standard InChI is InChI=1S/C24H28N4O2/c1-27(18-8-3-2-4-9-18)17-7-16-25-23(29)15-14-22-26-21-11-6-5-10-20(21)24(30)28(22)19-12-13-19/h2-6,8-11,19H,7,12-17H2,1H3,(H,25,29). The lowest BCUT2D eigenvalue weighted by Gasteiger charge is -2.19. The molecule has 1 aliphatic carbocycles. The van der Waals surface area contributed by atoms with Crippen molar-refractivity contribution < 1.29 is 4.79 Å². The number of aromatic nitrogens is 2. The van der Waals surface area contributed by atoms with E-state index in [1.165, 1.54) is 5.69 Å². The van der Waals surface area contributed by atoms with Gasteiger partial charge < -0.3 is 10.2 Å². The molecule has 1 saturated carbocycles. The Kier molecular flexibility index (Phi) is 6.12. The number of rotatable bonds is 9. The van der Waals surface area contributed by atoms with Crippen LogP contribution in [0.4, 0.5) is 5.69 Å². The number of benzene rings is 2. The number of hydrogen-bond acceptors (Lipinski definition) is 4. The summed E-state index contributed by atoms with van der Waals surface area (Å²) < 4.78 is 1.81. The first-order valence-corrected chi connectivity index (χ1v) is 10.7. The Balaban J connectivity index is 1.30. The third-order valence-corrected chi connectivity index (χ3v) is 5.56. The van der Waals surface area contributed by atoms with Crippen molar-refractivity contribution in [3.05, 3.63) is 70.8 Å². The number of para-hydroxylation sites is 2. The van der Waals surface area contributed by atoms with Crippen LogP contribution in [0.15, 0.2) is 59.4 Å². The van der Waals surface area contributed by atoms with Gasteiger partial charge in [0.15, 0.2) is 0 Å². The van der Waals surface area contributed by atoms with Crippen LogP contribution in [0.3, 0.4) is 0 Å². The van der Waals surface area contributed by atoms with Crippen molar-refractivity contribution in [3.63, 3.8) is 0 Å². The molecule has 1 heterocycles. The quantitative estimate of drug-likeness (QED) is 0.556. The van der Waals surface area contributed by atoms with Gasteiger partial charge in [0, 0.05) is 44.7 Å². The maximum atomic E-state index is 12.9. The fraction of sp³-hybridized carbons (Fsp3) is 0.375. The number of carbonyl (C=O) groups excluding carboxylic acids is 1. The van der Waals surface area contributed by atoms with Crippen LogP contribution >= 0.6 is 0 Å². The van der Waals surface area contributed by atoms with Crippen LogP contribution in [0.25, 0.3) is 10.9 Å². The van der Waals surface area contributed by atoms with Crippen molar-refractivity contribution in [1.82, 2.24) is 14.9 Å². The Hall–Kier alpha value is -3.15. The molecule has 0 spiro atoms. The number of nitrogens with one attached hydrogen (secondary N) is 1. The molecule has 0 aliphatic heterocycles. The molecular formula is C24H28N4O2. The Bertz CT molecular complexity index is 1070. The fourth-order valence-corrected chi connectivity index (χ4v) is 3.75. The summed E-state index contributed by atoms with van der Waals surface area (Å²) in [4.78, 5) is 32.1. The molecule has 0 bridgehead atoms. The lowest BCUT2D eigenvalue weighted by atomic mass is 10.2. The number of nitrogens with zero attached hydrogens (tertiary/aromatic N) is 3. The topological polar surface area (TPSA) is 67.2 Å². The highest BCUT2D eigenvalue weighted by molar-refractivity contribution is 5.78. The Morgan fingerprint density at radius 1 is 1.13 bits per heavy atom. The number of aryl methyl sites for hydroxylation is 1. The molecule has 4 rings (SSSR count). The van der Waals surface area contributed by atoms with E-state index in [9.17, 15) is 9.59 Å². The summed E-state index contributed by atoms with van der Waals surface area (Å²) in [5.41, 5.74) is 1.89. The highest BCUT2D eigenvalue weighted by Crippen LogP contribution is 2.34. The van der Waals surface area contributed by atoms with Gasteiger partial charge in [-0.25, -0.2) is 4.98 Å². The number of anilines is 1. The smallest absolute Gasteiger partial charge is 0.261 e. The molecule has 2 aromatic carbocycles. The van der Waals surface area contributed by atoms with Crippen LogP contribution in [0.2, 0.25) is 0 Å². The average molecular weight is 405 g/mol. The molecule has 1 aromatic heterocycles. The van der Waals surface area contributed by atoms with Gasteiger partial charge in [-0.15, -0.1) is 0 Å². The zero-order valence-electron chi connectivity index (χ0n) is 17.4. The molecule has 1 fully saturated rings. The Labute approximate surface area is 176 Å². The number of carbonyl (C=O) groups is 1. The first-order chi connectivity index (χ1) is 14.6. The Morgan fingerprint density at radius 3 is 2.63 bits per heavy atom. The average Bonchev–Trinajstić information content (AvgIpc) is 3.61. The van der Waals surface area contributed by atoms with Crippen molar-refractivity contribution >= 4 is 22.5 Å². The van der Waals surface area contributed by atoms with E-state index >= 15 is 0 Å². The van der Waals surface area contributed by atoms with Gasteiger partial charge in [-0.05, 0) is 43.5 Å². The molecule has 0 atom stereocenters. The van der Waals surface area contributed by atoms with E-state index in [0.717, 1.165) is 31.6 Å². The molecule has 0 unspecified atom stereocenters. The van der Waals surface area contributed by atoms with Crippen molar-refractivity contribution in [2.24, 2.45) is 0 Å². The molecule has 6 nitrogen and oxygen atoms in total. The maximum absolute atomic E-state index is 12.9. The molecule has 1 amide bonds. The number of amides is 1. The van der Waals surface area contributed by atoms with Gasteiger partial charge in [0.1, 0.15) is 5.82 Å². The highest BCUT2D eigenvalue weighted by Gasteiger charge is 2.28. The van der Waals surface area contributed by atoms with Crippen LogP contribution in [0.5, 0.6) is 0 Å². The van der Waals surface area contributed by atoms with Gasteiger partial charge in [0.05, 0.1) is 10.9 Å². The molecule has 3 aromatic rings. The summed E-state index contributed by atoms with van der Waals surface area (Å²) in [6.45, 7) is 1.51. The normalized spacial score (nSPS) is 13.4. The fourth-order valence-electron chi connectivity index (χ4n) is 3.75. The molecule has 156 valence electrons. The summed E-state index contributed by atoms with van der Waals surface area (Å²) >= 11 is 0. The molecule has 1 aliphatic rings. The van der Waals surface area contributed by atoms with Gasteiger partial charge in [0.25, 0.3) is 5.56 Å². The van der Waals surface area contributed by atoms with E-state index in [4.69, 9.17) is 4.98 Å². The second-order valence-corrected chi connectivity index (χ2v) is 7.91. The zero-order chi connectivity index (χ0) is 20.9. The van der Waals surface area contributed by atoms with E-state index in [2.05, 4.69) is 29.4 Å². The van der Waals surface area contributed by atoms with E-state index in [1.54, 1.807) is 0 Å². The van der Waals surface area contributed by atoms with E-state index < -0.39 is 0 Å². The van der Waals surface area contributed by atoms with E-state index in [0.29, 0.717) is 30.3 Å². The van der Waals surface area contributed by atoms with Crippen molar-refractivity contribution in [2.45, 2.75) is 38.1 Å². The molecule has 0 radical (unpaired) electrons. The lowest BCUT2D eigenvalue weighted by Crippen LogP contribution is -2.29. The van der Waals surface area contributed by atoms with Crippen molar-refractivity contribution in [3.8, 4) is 0 Å². The predicted molar refractivity (Wildman–Crippen MR) is 120 cm³/mol. The van der Waals surface area contributed by atoms with Gasteiger partial charge in [-0.2, -0.15) is 0 Å². The van der Waals surface area contributed by atoms with Gasteiger partial charge in [-0.1, -0.05) is 30.3 Å². The molecule has 0 saturated heterocycles. The minimum Gasteiger partial charge on any atom is -0.375 e. The first-order valence-electron chi connectivity index (χ1n) is 10.7. The van der Waals surface area contributed by atoms with E-state index in [-0.39, 0.29) is 17.5 Å². The van der Waals surface area contributed by atoms with E-state index in [1.807, 2.05) is 47.0 Å².